The first-order valence-electron chi connectivity index (χ1n) is 41.5. The summed E-state index contributed by atoms with van der Waals surface area (Å²) >= 11 is 0. The van der Waals surface area contributed by atoms with Gasteiger partial charge >= 0.3 is 31.7 Å². The SMILES string of the molecule is CCCCCCCCCCC[C@H](CC(=O)NCCO[C@@H]1OC(CO)[C@@H](OP(=O)(O)O)[C@H](OC(=O)C[C@@H](CCCCCCCCCCC)OC(=O)CCCCCCCCC)C1NC(=O)C[C@@H](CCCCCCCCCCC)OC(=O)CCCCCCCCC)OC(=O)CCCCCCCCC. The van der Waals surface area contributed by atoms with Crippen LogP contribution in [0.2, 0.25) is 0 Å². The van der Waals surface area contributed by atoms with Crippen LogP contribution in [0.25, 0.3) is 0 Å². The van der Waals surface area contributed by atoms with Crippen molar-refractivity contribution in [2.45, 2.75) is 456 Å². The summed E-state index contributed by atoms with van der Waals surface area (Å²) in [4.78, 5) is 104. The van der Waals surface area contributed by atoms with E-state index in [1.807, 2.05) is 0 Å². The molecule has 588 valence electrons. The molecule has 19 nitrogen and oxygen atoms in total. The Morgan fingerprint density at radius 3 is 1.01 bits per heavy atom. The van der Waals surface area contributed by atoms with E-state index < -0.39 is 99.5 Å². The fraction of sp³-hybridized carbons (Fsp3) is 0.925. The van der Waals surface area contributed by atoms with Crippen molar-refractivity contribution in [1.82, 2.24) is 10.6 Å². The highest BCUT2D eigenvalue weighted by molar-refractivity contribution is 7.46. The largest absolute Gasteiger partial charge is 0.470 e. The van der Waals surface area contributed by atoms with E-state index in [0.717, 1.165) is 180 Å². The summed E-state index contributed by atoms with van der Waals surface area (Å²) < 4.78 is 55.2. The number of aliphatic hydroxyl groups is 1. The Balaban J connectivity index is 3.70. The van der Waals surface area contributed by atoms with Crippen LogP contribution >= 0.6 is 7.82 Å². The molecule has 0 radical (unpaired) electrons. The number of phosphoric ester groups is 1. The summed E-state index contributed by atoms with van der Waals surface area (Å²) in [5, 5.41) is 16.6. The van der Waals surface area contributed by atoms with Crippen molar-refractivity contribution in [1.29, 1.82) is 0 Å². The Morgan fingerprint density at radius 2 is 0.690 bits per heavy atom. The number of carbonyl (C=O) groups is 6. The lowest BCUT2D eigenvalue weighted by molar-refractivity contribution is -0.270. The lowest BCUT2D eigenvalue weighted by Gasteiger charge is -2.45. The zero-order chi connectivity index (χ0) is 73.4. The number of amides is 2. The predicted molar refractivity (Wildman–Crippen MR) is 400 cm³/mol. The van der Waals surface area contributed by atoms with E-state index in [1.165, 1.54) is 103 Å². The van der Waals surface area contributed by atoms with Crippen molar-refractivity contribution in [2.24, 2.45) is 0 Å². The number of esters is 4. The van der Waals surface area contributed by atoms with Gasteiger partial charge in [0.2, 0.25) is 11.8 Å². The van der Waals surface area contributed by atoms with E-state index in [1.54, 1.807) is 0 Å². The maximum Gasteiger partial charge on any atom is 0.470 e. The van der Waals surface area contributed by atoms with Crippen molar-refractivity contribution in [3.05, 3.63) is 0 Å². The van der Waals surface area contributed by atoms with Crippen LogP contribution in [-0.2, 0) is 66.3 Å². The number of phosphoric acid groups is 1. The number of hydrogen-bond donors (Lipinski definition) is 5. The van der Waals surface area contributed by atoms with Gasteiger partial charge in [-0.3, -0.25) is 33.3 Å². The first kappa shape index (κ1) is 94.8. The zero-order valence-electron chi connectivity index (χ0n) is 64.5. The van der Waals surface area contributed by atoms with Crippen LogP contribution in [0.4, 0.5) is 0 Å². The Kier molecular flexibility index (Phi) is 63.0. The number of aliphatic hydroxyl groups excluding tert-OH is 1. The first-order valence-corrected chi connectivity index (χ1v) is 43.0. The molecule has 1 fully saturated rings. The highest BCUT2D eigenvalue weighted by atomic mass is 31.2. The normalized spacial score (nSPS) is 17.1. The molecular weight excluding hydrogens is 1290 g/mol. The second kappa shape index (κ2) is 66.5. The molecule has 1 heterocycles. The highest BCUT2D eigenvalue weighted by Gasteiger charge is 2.52. The average Bonchev–Trinajstić information content (AvgIpc) is 0.782. The van der Waals surface area contributed by atoms with Gasteiger partial charge < -0.3 is 53.9 Å². The number of unbranched alkanes of at least 4 members (excludes halogenated alkanes) is 42. The Morgan fingerprint density at radius 1 is 0.390 bits per heavy atom. The molecule has 2 unspecified atom stereocenters. The van der Waals surface area contributed by atoms with E-state index in [0.29, 0.717) is 44.9 Å². The molecule has 2 amide bonds. The van der Waals surface area contributed by atoms with Gasteiger partial charge in [-0.25, -0.2) is 4.57 Å². The maximum absolute atomic E-state index is 14.7. The molecule has 1 aliphatic heterocycles. The monoisotopic (exact) mass is 1440 g/mol. The fourth-order valence-electron chi connectivity index (χ4n) is 13.3. The van der Waals surface area contributed by atoms with Crippen LogP contribution in [0.1, 0.15) is 408 Å². The smallest absolute Gasteiger partial charge is 0.462 e. The van der Waals surface area contributed by atoms with Crippen LogP contribution < -0.4 is 10.6 Å². The van der Waals surface area contributed by atoms with Crippen LogP contribution in [0.15, 0.2) is 0 Å². The number of carbonyl (C=O) groups excluding carboxylic acids is 6. The standard InChI is InChI=1S/C80H151N2O17P/c1-7-13-19-25-31-34-40-43-49-55-67(94-73(86)58-52-46-37-28-22-16-10-4)63-71(84)81-61-62-93-80-77(82-72(85)64-68(56-50-44-41-35-32-26-20-14-8-2)95-74(87)59-53-47-38-29-23-17-11-5)79(78(70(66-83)97-80)99-100(90,91)92)98-76(89)65-69(57-51-45-42-36-33-27-21-15-9-3)96-75(88)60-54-48-39-30-24-18-12-6/h67-70,77-80,83H,7-66H2,1-6H3,(H,81,84)(H,82,85)(H2,90,91,92)/t67-,68-,69-,70?,77?,78-,79-,80-/m1/s1. The second-order valence-corrected chi connectivity index (χ2v) is 30.2. The van der Waals surface area contributed by atoms with Crippen molar-refractivity contribution in [2.75, 3.05) is 19.8 Å². The molecule has 0 aromatic heterocycles. The van der Waals surface area contributed by atoms with Gasteiger partial charge in [0, 0.05) is 25.8 Å². The van der Waals surface area contributed by atoms with Gasteiger partial charge in [0.05, 0.1) is 32.5 Å². The van der Waals surface area contributed by atoms with Gasteiger partial charge in [-0.15, -0.1) is 0 Å². The molecule has 0 spiro atoms. The minimum atomic E-state index is -5.46. The summed E-state index contributed by atoms with van der Waals surface area (Å²) in [6.07, 6.45) is 42.2. The molecule has 0 aromatic carbocycles. The quantitative estimate of drug-likeness (QED) is 0.0164. The third kappa shape index (κ3) is 55.3. The summed E-state index contributed by atoms with van der Waals surface area (Å²) in [5.41, 5.74) is 0. The molecular formula is C80H151N2O17P. The highest BCUT2D eigenvalue weighted by Crippen LogP contribution is 2.42. The number of hydrogen-bond acceptors (Lipinski definition) is 15. The number of nitrogens with one attached hydrogen (secondary N) is 2. The molecule has 8 atom stereocenters. The van der Waals surface area contributed by atoms with Gasteiger partial charge in [0.15, 0.2) is 12.4 Å². The topological polar surface area (TPSA) is 269 Å². The molecule has 0 aliphatic carbocycles. The van der Waals surface area contributed by atoms with Crippen molar-refractivity contribution in [3.63, 3.8) is 0 Å². The molecule has 1 rings (SSSR count). The molecule has 20 heteroatoms. The Hall–Kier alpha value is -3.19. The predicted octanol–water partition coefficient (Wildman–Crippen LogP) is 19.8. The number of rotatable bonds is 72. The molecule has 5 N–H and O–H groups in total. The van der Waals surface area contributed by atoms with Crippen LogP contribution in [0, 0.1) is 0 Å². The van der Waals surface area contributed by atoms with Crippen LogP contribution in [-0.4, -0.2) is 119 Å². The van der Waals surface area contributed by atoms with E-state index >= 15 is 0 Å². The lowest BCUT2D eigenvalue weighted by Crippen LogP contribution is -2.66. The zero-order valence-corrected chi connectivity index (χ0v) is 65.4. The molecule has 1 saturated heterocycles. The summed E-state index contributed by atoms with van der Waals surface area (Å²) in [7, 11) is -5.46. The molecule has 0 bridgehead atoms. The average molecular weight is 1440 g/mol. The van der Waals surface area contributed by atoms with Gasteiger partial charge in [-0.05, 0) is 57.8 Å². The lowest BCUT2D eigenvalue weighted by atomic mass is 9.96. The van der Waals surface area contributed by atoms with Crippen LogP contribution in [0.3, 0.4) is 0 Å². The van der Waals surface area contributed by atoms with E-state index in [9.17, 15) is 48.2 Å². The summed E-state index contributed by atoms with van der Waals surface area (Å²) in [6.45, 7) is 11.8. The van der Waals surface area contributed by atoms with Crippen molar-refractivity contribution in [3.8, 4) is 0 Å². The van der Waals surface area contributed by atoms with E-state index in [2.05, 4.69) is 52.2 Å². The Labute approximate surface area is 608 Å². The Bertz CT molecular complexity index is 2030. The minimum Gasteiger partial charge on any atom is -0.462 e. The maximum atomic E-state index is 14.7. The van der Waals surface area contributed by atoms with Gasteiger partial charge in [-0.2, -0.15) is 0 Å². The fourth-order valence-corrected chi connectivity index (χ4v) is 13.9. The third-order valence-electron chi connectivity index (χ3n) is 19.3. The van der Waals surface area contributed by atoms with E-state index in [-0.39, 0.29) is 51.2 Å². The second-order valence-electron chi connectivity index (χ2n) is 29.0. The minimum absolute atomic E-state index is 0.0806. The number of ether oxygens (including phenoxy) is 6. The van der Waals surface area contributed by atoms with Crippen LogP contribution in [0.5, 0.6) is 0 Å². The third-order valence-corrected chi connectivity index (χ3v) is 19.9. The molecule has 0 saturated carbocycles. The molecule has 0 aromatic rings. The molecule has 1 aliphatic rings. The van der Waals surface area contributed by atoms with Crippen molar-refractivity contribution < 1.29 is 81.2 Å². The van der Waals surface area contributed by atoms with E-state index in [4.69, 9.17) is 32.9 Å². The van der Waals surface area contributed by atoms with Gasteiger partial charge in [-0.1, -0.05) is 311 Å². The first-order chi connectivity index (χ1) is 48.5. The van der Waals surface area contributed by atoms with Gasteiger partial charge in [0.25, 0.3) is 0 Å². The molecule has 100 heavy (non-hydrogen) atoms. The van der Waals surface area contributed by atoms with Crippen molar-refractivity contribution >= 4 is 43.5 Å². The van der Waals surface area contributed by atoms with Gasteiger partial charge in [0.1, 0.15) is 36.6 Å². The summed E-state index contributed by atoms with van der Waals surface area (Å²) in [6, 6.07) is -1.57. The summed E-state index contributed by atoms with van der Waals surface area (Å²) in [5.74, 6) is -3.20.